The van der Waals surface area contributed by atoms with Crippen LogP contribution in [0.4, 0.5) is 17.6 Å². The molecule has 1 saturated carbocycles. The van der Waals surface area contributed by atoms with Crippen LogP contribution in [-0.2, 0) is 16.5 Å². The van der Waals surface area contributed by atoms with Crippen molar-refractivity contribution in [2.75, 3.05) is 13.2 Å². The number of hydrogen-bond acceptors (Lipinski definition) is 6. The van der Waals surface area contributed by atoms with Crippen LogP contribution in [0.25, 0.3) is 5.65 Å². The average Bonchev–Trinajstić information content (AvgIpc) is 3.56. The van der Waals surface area contributed by atoms with Gasteiger partial charge in [-0.05, 0) is 44.2 Å². The van der Waals surface area contributed by atoms with Crippen molar-refractivity contribution in [1.82, 2.24) is 24.9 Å². The summed E-state index contributed by atoms with van der Waals surface area (Å²) in [5.74, 6) is -1.60. The fourth-order valence-electron chi connectivity index (χ4n) is 4.63. The highest BCUT2D eigenvalue weighted by Gasteiger charge is 2.55. The molecule has 1 aliphatic carbocycles. The van der Waals surface area contributed by atoms with Gasteiger partial charge in [0, 0.05) is 31.6 Å². The maximum absolute atomic E-state index is 15.1. The van der Waals surface area contributed by atoms with Crippen LogP contribution in [0.2, 0.25) is 0 Å². The Labute approximate surface area is 197 Å². The fourth-order valence-corrected chi connectivity index (χ4v) is 4.63. The predicted octanol–water partition coefficient (Wildman–Crippen LogP) is 3.26. The number of aliphatic hydroxyl groups is 1. The molecular weight excluding hydrogens is 470 g/mol. The van der Waals surface area contributed by atoms with Crippen molar-refractivity contribution in [3.05, 3.63) is 58.6 Å². The molecule has 2 fully saturated rings. The van der Waals surface area contributed by atoms with Crippen LogP contribution >= 0.6 is 0 Å². The second kappa shape index (κ2) is 7.95. The van der Waals surface area contributed by atoms with E-state index in [0.29, 0.717) is 23.9 Å². The highest BCUT2D eigenvalue weighted by atomic mass is 19.4. The van der Waals surface area contributed by atoms with Crippen LogP contribution in [0.1, 0.15) is 65.0 Å². The first-order valence-electron chi connectivity index (χ1n) is 11.1. The summed E-state index contributed by atoms with van der Waals surface area (Å²) in [6, 6.07) is 0.309. The van der Waals surface area contributed by atoms with E-state index in [1.807, 2.05) is 0 Å². The van der Waals surface area contributed by atoms with Crippen LogP contribution in [-0.4, -0.2) is 49.4 Å². The molecule has 2 aliphatic rings. The van der Waals surface area contributed by atoms with Gasteiger partial charge in [-0.3, -0.25) is 9.78 Å². The van der Waals surface area contributed by atoms with Gasteiger partial charge >= 0.3 is 6.18 Å². The molecule has 2 atom stereocenters. The monoisotopic (exact) mass is 493 g/mol. The Morgan fingerprint density at radius 2 is 2.03 bits per heavy atom. The number of nitrogens with one attached hydrogen (secondary N) is 1. The molecule has 0 radical (unpaired) electrons. The van der Waals surface area contributed by atoms with Crippen molar-refractivity contribution in [1.29, 1.82) is 0 Å². The van der Waals surface area contributed by atoms with Gasteiger partial charge in [-0.1, -0.05) is 0 Å². The minimum atomic E-state index is -4.81. The second-order valence-corrected chi connectivity index (χ2v) is 9.38. The van der Waals surface area contributed by atoms with Gasteiger partial charge in [0.2, 0.25) is 0 Å². The molecule has 8 nitrogen and oxygen atoms in total. The molecule has 0 spiro atoms. The van der Waals surface area contributed by atoms with Gasteiger partial charge in [0.15, 0.2) is 5.65 Å². The molecule has 3 aromatic rings. The Hall–Kier alpha value is -3.12. The third kappa shape index (κ3) is 3.94. The predicted molar refractivity (Wildman–Crippen MR) is 114 cm³/mol. The minimum absolute atomic E-state index is 0.00924. The van der Waals surface area contributed by atoms with E-state index in [9.17, 15) is 23.1 Å². The van der Waals surface area contributed by atoms with E-state index in [-0.39, 0.29) is 30.8 Å². The molecule has 1 saturated heterocycles. The van der Waals surface area contributed by atoms with E-state index >= 15 is 4.39 Å². The van der Waals surface area contributed by atoms with Gasteiger partial charge in [-0.25, -0.2) is 13.9 Å². The third-order valence-electron chi connectivity index (χ3n) is 6.77. The summed E-state index contributed by atoms with van der Waals surface area (Å²) < 4.78 is 61.2. The summed E-state index contributed by atoms with van der Waals surface area (Å²) >= 11 is 0. The number of nitrogens with zero attached hydrogens (tertiary/aromatic N) is 4. The maximum atomic E-state index is 15.1. The van der Waals surface area contributed by atoms with Crippen LogP contribution in [0.15, 0.2) is 24.7 Å². The van der Waals surface area contributed by atoms with Crippen LogP contribution in [0, 0.1) is 12.7 Å². The van der Waals surface area contributed by atoms with Gasteiger partial charge in [-0.2, -0.15) is 18.3 Å². The van der Waals surface area contributed by atoms with E-state index in [2.05, 4.69) is 20.4 Å². The number of pyridine rings is 1. The Morgan fingerprint density at radius 3 is 2.66 bits per heavy atom. The molecule has 0 bridgehead atoms. The summed E-state index contributed by atoms with van der Waals surface area (Å²) in [7, 11) is 0. The number of hydrogen-bond donors (Lipinski definition) is 2. The molecular formula is C23H23F4N5O3. The summed E-state index contributed by atoms with van der Waals surface area (Å²) in [5, 5.41) is 18.3. The molecule has 0 aromatic carbocycles. The zero-order chi connectivity index (χ0) is 25.2. The highest BCUT2D eigenvalue weighted by molar-refractivity contribution is 6.01. The molecule has 2 N–H and O–H groups in total. The zero-order valence-corrected chi connectivity index (χ0v) is 19.0. The molecule has 186 valence electrons. The molecule has 1 unspecified atom stereocenters. The molecule has 12 heteroatoms. The van der Waals surface area contributed by atoms with E-state index < -0.39 is 40.3 Å². The maximum Gasteiger partial charge on any atom is 0.417 e. The van der Waals surface area contributed by atoms with Crippen LogP contribution < -0.4 is 5.32 Å². The van der Waals surface area contributed by atoms with E-state index in [1.54, 1.807) is 19.3 Å². The Kier molecular flexibility index (Phi) is 5.37. The third-order valence-corrected chi connectivity index (χ3v) is 6.77. The van der Waals surface area contributed by atoms with Gasteiger partial charge in [0.1, 0.15) is 28.2 Å². The van der Waals surface area contributed by atoms with Gasteiger partial charge in [0.05, 0.1) is 17.9 Å². The first-order chi connectivity index (χ1) is 16.4. The standard InChI is InChI=1S/C23H23F4N5O3/c1-12-17(19-29-8-14(13-3-4-13)10-32(19)31-12)20(33)30-22(5-6-35-11-21(22,2)34)18-16(24)7-15(9-28-18)23(25,26)27/h7-10,13,34H,3-6,11H2,1-2H3,(H,30,33)/t21?,22-/m0/s1. The van der Waals surface area contributed by atoms with E-state index in [1.165, 1.54) is 11.4 Å². The summed E-state index contributed by atoms with van der Waals surface area (Å²) in [5.41, 5.74) is -3.81. The average molecular weight is 493 g/mol. The minimum Gasteiger partial charge on any atom is -0.385 e. The number of carbonyl (C=O) groups is 1. The number of alkyl halides is 3. The van der Waals surface area contributed by atoms with Crippen LogP contribution in [0.5, 0.6) is 0 Å². The molecule has 4 heterocycles. The molecule has 1 amide bonds. The first kappa shape index (κ1) is 23.6. The highest BCUT2D eigenvalue weighted by Crippen LogP contribution is 2.42. The van der Waals surface area contributed by atoms with Crippen molar-refractivity contribution in [3.8, 4) is 0 Å². The second-order valence-electron chi connectivity index (χ2n) is 9.38. The number of aromatic nitrogens is 4. The van der Waals surface area contributed by atoms with Crippen LogP contribution in [0.3, 0.4) is 0 Å². The zero-order valence-electron chi connectivity index (χ0n) is 19.0. The molecule has 5 rings (SSSR count). The molecule has 35 heavy (non-hydrogen) atoms. The molecule has 3 aromatic heterocycles. The van der Waals surface area contributed by atoms with Gasteiger partial charge < -0.3 is 15.2 Å². The summed E-state index contributed by atoms with van der Waals surface area (Å²) in [4.78, 5) is 21.7. The number of aryl methyl sites for hydroxylation is 1. The number of rotatable bonds is 4. The lowest BCUT2D eigenvalue weighted by atomic mass is 9.74. The van der Waals surface area contributed by atoms with Crippen molar-refractivity contribution in [3.63, 3.8) is 0 Å². The largest absolute Gasteiger partial charge is 0.417 e. The first-order valence-corrected chi connectivity index (χ1v) is 11.1. The Balaban J connectivity index is 1.58. The lowest BCUT2D eigenvalue weighted by Gasteiger charge is -2.48. The van der Waals surface area contributed by atoms with Crippen molar-refractivity contribution in [2.45, 2.75) is 56.3 Å². The quantitative estimate of drug-likeness (QED) is 0.541. The van der Waals surface area contributed by atoms with Crippen molar-refractivity contribution < 1.29 is 32.2 Å². The lowest BCUT2D eigenvalue weighted by molar-refractivity contribution is -0.142. The van der Waals surface area contributed by atoms with Crippen molar-refractivity contribution >= 4 is 11.6 Å². The van der Waals surface area contributed by atoms with E-state index in [4.69, 9.17) is 4.74 Å². The lowest BCUT2D eigenvalue weighted by Crippen LogP contribution is -2.65. The fraction of sp³-hybridized carbons (Fsp3) is 0.478. The SMILES string of the molecule is Cc1nn2cc(C3CC3)cnc2c1C(=O)N[C@]1(c2ncc(C(F)(F)F)cc2F)CCOCC1(C)O. The Morgan fingerprint density at radius 1 is 1.29 bits per heavy atom. The summed E-state index contributed by atoms with van der Waals surface area (Å²) in [6.45, 7) is 2.64. The number of halogens is 4. The smallest absolute Gasteiger partial charge is 0.385 e. The van der Waals surface area contributed by atoms with E-state index in [0.717, 1.165) is 18.4 Å². The van der Waals surface area contributed by atoms with Gasteiger partial charge in [-0.15, -0.1) is 0 Å². The Bertz CT molecular complexity index is 1320. The number of fused-ring (bicyclic) bond motifs is 1. The number of carbonyl (C=O) groups excluding carboxylic acids is 1. The topological polar surface area (TPSA) is 102 Å². The number of ether oxygens (including phenoxy) is 1. The normalized spacial score (nSPS) is 25.1. The summed E-state index contributed by atoms with van der Waals surface area (Å²) in [6.07, 6.45) is 1.17. The van der Waals surface area contributed by atoms with Gasteiger partial charge in [0.25, 0.3) is 5.91 Å². The molecule has 1 aliphatic heterocycles. The number of amides is 1. The van der Waals surface area contributed by atoms with Crippen molar-refractivity contribution in [2.24, 2.45) is 0 Å².